The molecule has 0 fully saturated rings. The maximum absolute atomic E-state index is 11.1. The van der Waals surface area contributed by atoms with Gasteiger partial charge in [0, 0.05) is 0 Å². The Labute approximate surface area is 83.8 Å². The summed E-state index contributed by atoms with van der Waals surface area (Å²) >= 11 is 0. The first-order valence-electron chi connectivity index (χ1n) is 4.31. The van der Waals surface area contributed by atoms with Crippen molar-refractivity contribution in [2.45, 2.75) is 0 Å². The Bertz CT molecular complexity index is 447. The zero-order valence-electron chi connectivity index (χ0n) is 7.53. The summed E-state index contributed by atoms with van der Waals surface area (Å²) in [5.74, 6) is 1.68. The Balaban J connectivity index is 2.52. The molecule has 1 aromatic carbocycles. The van der Waals surface area contributed by atoms with Crippen molar-refractivity contribution in [2.75, 3.05) is 0 Å². The van der Waals surface area contributed by atoms with E-state index in [0.717, 1.165) is 16.4 Å². The van der Waals surface area contributed by atoms with Crippen LogP contribution in [0.1, 0.15) is 10.1 Å². The summed E-state index contributed by atoms with van der Waals surface area (Å²) in [6.07, 6.45) is 0. The number of carbonyl (C=O) groups is 1. The van der Waals surface area contributed by atoms with Crippen molar-refractivity contribution in [3.63, 3.8) is 0 Å². The lowest BCUT2D eigenvalue weighted by atomic mass is 10.1. The first kappa shape index (κ1) is 9.04. The van der Waals surface area contributed by atoms with Gasteiger partial charge >= 0.3 is 0 Å². The molecule has 0 bridgehead atoms. The highest BCUT2D eigenvalue weighted by Gasteiger charge is 2.09. The lowest BCUT2D eigenvalue weighted by Gasteiger charge is -2.00. The van der Waals surface area contributed by atoms with E-state index >= 15 is 0 Å². The molecule has 0 spiro atoms. The van der Waals surface area contributed by atoms with Crippen LogP contribution in [0.2, 0.25) is 0 Å². The highest BCUT2D eigenvalue weighted by molar-refractivity contribution is 7.32. The lowest BCUT2D eigenvalue weighted by Crippen LogP contribution is -2.09. The lowest BCUT2D eigenvalue weighted by molar-refractivity contribution is 0.100. The van der Waals surface area contributed by atoms with E-state index in [1.807, 2.05) is 42.2 Å². The minimum absolute atomic E-state index is 0.313. The normalized spacial score (nSPS) is 10.6. The quantitative estimate of drug-likeness (QED) is 0.800. The molecular formula is C11H10NOP. The van der Waals surface area contributed by atoms with Crippen LogP contribution < -0.4 is 5.73 Å². The topological polar surface area (TPSA) is 43.1 Å². The molecule has 2 N–H and O–H groups in total. The van der Waals surface area contributed by atoms with E-state index < -0.39 is 0 Å². The molecule has 2 nitrogen and oxygen atoms in total. The molecule has 0 radical (unpaired) electrons. The number of rotatable bonds is 2. The van der Waals surface area contributed by atoms with Crippen molar-refractivity contribution in [1.29, 1.82) is 0 Å². The maximum atomic E-state index is 11.1. The molecule has 1 heterocycles. The summed E-state index contributed by atoms with van der Waals surface area (Å²) in [5, 5.41) is 0.733. The second-order valence-electron chi connectivity index (χ2n) is 3.00. The van der Waals surface area contributed by atoms with Crippen LogP contribution >= 0.6 is 8.19 Å². The standard InChI is InChI=1S/C11H10NOP/c12-11(13)10-9(6-7-14-10)8-4-2-1-3-5-8/h1-7,14H,(H2,12,13). The number of amides is 1. The van der Waals surface area contributed by atoms with Crippen LogP contribution in [0, 0.1) is 0 Å². The number of carbonyl (C=O) groups excluding carboxylic acids is 1. The highest BCUT2D eigenvalue weighted by Crippen LogP contribution is 2.30. The fourth-order valence-corrected chi connectivity index (χ4v) is 2.37. The van der Waals surface area contributed by atoms with Crippen LogP contribution in [0.5, 0.6) is 0 Å². The summed E-state index contributed by atoms with van der Waals surface area (Å²) in [7, 11) is 0.410. The molecule has 0 aliphatic rings. The molecule has 70 valence electrons. The molecule has 0 saturated heterocycles. The van der Waals surface area contributed by atoms with Crippen molar-refractivity contribution >= 4 is 14.1 Å². The average Bonchev–Trinajstić information content (AvgIpc) is 2.67. The van der Waals surface area contributed by atoms with E-state index in [1.54, 1.807) is 0 Å². The van der Waals surface area contributed by atoms with Gasteiger partial charge in [0.25, 0.3) is 5.91 Å². The van der Waals surface area contributed by atoms with E-state index in [9.17, 15) is 4.79 Å². The van der Waals surface area contributed by atoms with Gasteiger partial charge in [0.1, 0.15) is 0 Å². The minimum atomic E-state index is -0.313. The van der Waals surface area contributed by atoms with Crippen molar-refractivity contribution < 1.29 is 4.79 Å². The maximum Gasteiger partial charge on any atom is 0.253 e. The Morgan fingerprint density at radius 1 is 1.14 bits per heavy atom. The van der Waals surface area contributed by atoms with Gasteiger partial charge in [0.2, 0.25) is 0 Å². The first-order chi connectivity index (χ1) is 6.79. The van der Waals surface area contributed by atoms with Gasteiger partial charge in [-0.15, -0.1) is 8.19 Å². The van der Waals surface area contributed by atoms with Crippen molar-refractivity contribution in [2.24, 2.45) is 5.73 Å². The molecule has 3 heteroatoms. The van der Waals surface area contributed by atoms with E-state index in [0.29, 0.717) is 8.19 Å². The number of hydrogen-bond acceptors (Lipinski definition) is 1. The zero-order valence-corrected chi connectivity index (χ0v) is 8.53. The molecule has 1 amide bonds. The Morgan fingerprint density at radius 3 is 2.50 bits per heavy atom. The minimum Gasteiger partial charge on any atom is -0.365 e. The fraction of sp³-hybridized carbons (Fsp3) is 0. The van der Waals surface area contributed by atoms with Crippen LogP contribution in [-0.2, 0) is 0 Å². The fourth-order valence-electron chi connectivity index (χ4n) is 1.43. The predicted octanol–water partition coefficient (Wildman–Crippen LogP) is 2.48. The largest absolute Gasteiger partial charge is 0.365 e. The molecule has 0 aliphatic heterocycles. The van der Waals surface area contributed by atoms with Crippen molar-refractivity contribution in [1.82, 2.24) is 0 Å². The van der Waals surface area contributed by atoms with Crippen LogP contribution in [0.15, 0.2) is 42.2 Å². The monoisotopic (exact) mass is 203 g/mol. The van der Waals surface area contributed by atoms with Crippen LogP contribution in [0.4, 0.5) is 0 Å². The number of hydrogen-bond donors (Lipinski definition) is 1. The molecule has 0 saturated carbocycles. The van der Waals surface area contributed by atoms with Crippen LogP contribution in [-0.4, -0.2) is 5.91 Å². The van der Waals surface area contributed by atoms with Gasteiger partial charge in [-0.2, -0.15) is 0 Å². The number of nitrogens with two attached hydrogens (primary N) is 1. The van der Waals surface area contributed by atoms with Gasteiger partial charge in [0.15, 0.2) is 0 Å². The van der Waals surface area contributed by atoms with Crippen molar-refractivity contribution in [3.05, 3.63) is 47.5 Å². The molecular weight excluding hydrogens is 193 g/mol. The molecule has 1 unspecified atom stereocenters. The second kappa shape index (κ2) is 3.69. The number of benzene rings is 1. The van der Waals surface area contributed by atoms with E-state index in [-0.39, 0.29) is 5.91 Å². The summed E-state index contributed by atoms with van der Waals surface area (Å²) in [6.45, 7) is 0. The van der Waals surface area contributed by atoms with Crippen molar-refractivity contribution in [3.8, 4) is 11.1 Å². The van der Waals surface area contributed by atoms with Gasteiger partial charge in [-0.05, 0) is 23.0 Å². The third-order valence-corrected chi connectivity index (χ3v) is 3.22. The smallest absolute Gasteiger partial charge is 0.253 e. The van der Waals surface area contributed by atoms with Gasteiger partial charge < -0.3 is 5.73 Å². The molecule has 1 aromatic heterocycles. The zero-order chi connectivity index (χ0) is 9.97. The Hall–Kier alpha value is -1.53. The molecule has 2 rings (SSSR count). The van der Waals surface area contributed by atoms with Gasteiger partial charge in [0.05, 0.1) is 5.30 Å². The summed E-state index contributed by atoms with van der Waals surface area (Å²) in [5.41, 5.74) is 7.32. The highest BCUT2D eigenvalue weighted by atomic mass is 31.0. The van der Waals surface area contributed by atoms with Gasteiger partial charge in [-0.25, -0.2) is 0 Å². The van der Waals surface area contributed by atoms with Gasteiger partial charge in [-0.1, -0.05) is 30.3 Å². The van der Waals surface area contributed by atoms with Gasteiger partial charge in [-0.3, -0.25) is 4.79 Å². The SMILES string of the molecule is NC(=O)c1[pH]ccc1-c1ccccc1. The predicted molar refractivity (Wildman–Crippen MR) is 59.9 cm³/mol. The van der Waals surface area contributed by atoms with E-state index in [2.05, 4.69) is 0 Å². The third kappa shape index (κ3) is 1.57. The third-order valence-electron chi connectivity index (χ3n) is 2.08. The Morgan fingerprint density at radius 2 is 1.86 bits per heavy atom. The summed E-state index contributed by atoms with van der Waals surface area (Å²) in [4.78, 5) is 11.1. The second-order valence-corrected chi connectivity index (χ2v) is 4.12. The van der Waals surface area contributed by atoms with Crippen LogP contribution in [0.25, 0.3) is 11.1 Å². The molecule has 0 aliphatic carbocycles. The van der Waals surface area contributed by atoms with E-state index in [4.69, 9.17) is 5.73 Å². The molecule has 1 atom stereocenters. The summed E-state index contributed by atoms with van der Waals surface area (Å²) in [6, 6.07) is 11.8. The first-order valence-corrected chi connectivity index (χ1v) is 5.39. The number of primary amides is 1. The average molecular weight is 203 g/mol. The molecule has 14 heavy (non-hydrogen) atoms. The van der Waals surface area contributed by atoms with Crippen LogP contribution in [0.3, 0.4) is 0 Å². The summed E-state index contributed by atoms with van der Waals surface area (Å²) < 4.78 is 0. The molecule has 2 aromatic rings. The Kier molecular flexibility index (Phi) is 2.38. The van der Waals surface area contributed by atoms with E-state index in [1.165, 1.54) is 0 Å².